The van der Waals surface area contributed by atoms with Gasteiger partial charge in [0.15, 0.2) is 6.61 Å². The van der Waals surface area contributed by atoms with Gasteiger partial charge in [0, 0.05) is 10.6 Å². The van der Waals surface area contributed by atoms with Crippen LogP contribution >= 0.6 is 11.8 Å². The Balaban J connectivity index is 1.37. The van der Waals surface area contributed by atoms with Gasteiger partial charge in [-0.2, -0.15) is 18.6 Å². The second kappa shape index (κ2) is 9.64. The summed E-state index contributed by atoms with van der Waals surface area (Å²) in [7, 11) is 1.94. The molecule has 3 fully saturated rings. The molecule has 2 aromatic carbocycles. The van der Waals surface area contributed by atoms with E-state index in [2.05, 4.69) is 22.5 Å². The largest absolute Gasteiger partial charge is 0.482 e. The van der Waals surface area contributed by atoms with Crippen molar-refractivity contribution in [3.63, 3.8) is 0 Å². The van der Waals surface area contributed by atoms with Crippen molar-refractivity contribution in [3.8, 4) is 5.75 Å². The number of rotatable bonds is 8. The van der Waals surface area contributed by atoms with Crippen LogP contribution in [0.2, 0.25) is 0 Å². The lowest BCUT2D eigenvalue weighted by Gasteiger charge is -2.55. The summed E-state index contributed by atoms with van der Waals surface area (Å²) >= 11 is 1.67. The number of allylic oxidation sites excluding steroid dienone is 3. The number of anilines is 1. The lowest BCUT2D eigenvalue weighted by Crippen LogP contribution is -2.72. The van der Waals surface area contributed by atoms with Gasteiger partial charge in [0.25, 0.3) is 0 Å². The van der Waals surface area contributed by atoms with Crippen LogP contribution in [0.1, 0.15) is 23.1 Å². The summed E-state index contributed by atoms with van der Waals surface area (Å²) in [6.45, 7) is 3.44. The molecule has 2 aromatic rings. The lowest BCUT2D eigenvalue weighted by atomic mass is 9.76. The molecule has 0 spiro atoms. The van der Waals surface area contributed by atoms with Gasteiger partial charge in [-0.15, -0.1) is 11.8 Å². The van der Waals surface area contributed by atoms with Gasteiger partial charge >= 0.3 is 12.1 Å². The SMILES string of the molecule is Cc1cc(SCC2(C34NN(c5ccc(C(F)(F)F)cc5)C(O3)N4C)C=CC=CC2)c(C)cc1OCC(=O)O. The molecular weight excluding hydrogens is 519 g/mol. The minimum absolute atomic E-state index is 0.401. The van der Waals surface area contributed by atoms with E-state index in [-0.39, 0.29) is 0 Å². The molecule has 0 saturated carbocycles. The molecular formula is C27H28F3N3O4S. The van der Waals surface area contributed by atoms with E-state index in [9.17, 15) is 18.0 Å². The van der Waals surface area contributed by atoms with Crippen LogP contribution in [0.3, 0.4) is 0 Å². The van der Waals surface area contributed by atoms with Gasteiger partial charge in [0.1, 0.15) is 5.75 Å². The standard InChI is InChI=1S/C27H28F3N3O4S/c1-17-14-22(18(2)13-21(17)36-15-23(34)35)38-16-25(11-5-4-6-12-25)27-31-33(24(37-27)32(27)3)20-9-7-19(8-10-20)26(28,29)30/h4-11,13-14,24,31H,12,15-16H2,1-3H3,(H,34,35). The van der Waals surface area contributed by atoms with E-state index >= 15 is 0 Å². The topological polar surface area (TPSA) is 74.3 Å². The van der Waals surface area contributed by atoms with Crippen molar-refractivity contribution in [2.24, 2.45) is 5.41 Å². The number of fused-ring (bicyclic) bond motifs is 1. The number of carbonyl (C=O) groups is 1. The molecule has 11 heteroatoms. The Morgan fingerprint density at radius 2 is 1.95 bits per heavy atom. The highest BCUT2D eigenvalue weighted by Gasteiger charge is 2.70. The predicted molar refractivity (Wildman–Crippen MR) is 138 cm³/mol. The Morgan fingerprint density at radius 3 is 2.55 bits per heavy atom. The first-order chi connectivity index (χ1) is 18.0. The van der Waals surface area contributed by atoms with E-state index in [4.69, 9.17) is 14.6 Å². The summed E-state index contributed by atoms with van der Waals surface area (Å²) < 4.78 is 51.0. The molecule has 2 bridgehead atoms. The molecule has 3 unspecified atom stereocenters. The number of aliphatic carboxylic acids is 1. The number of nitrogens with zero attached hydrogens (tertiary/aromatic N) is 2. The number of aryl methyl sites for hydroxylation is 2. The van der Waals surface area contributed by atoms with E-state index in [1.54, 1.807) is 16.8 Å². The number of carboxylic acids is 1. The smallest absolute Gasteiger partial charge is 0.416 e. The summed E-state index contributed by atoms with van der Waals surface area (Å²) in [6.07, 6.45) is 4.04. The van der Waals surface area contributed by atoms with Crippen LogP contribution in [0.15, 0.2) is 65.6 Å². The van der Waals surface area contributed by atoms with Crippen molar-refractivity contribution in [1.82, 2.24) is 10.3 Å². The van der Waals surface area contributed by atoms with E-state index < -0.39 is 41.9 Å². The monoisotopic (exact) mass is 547 g/mol. The van der Waals surface area contributed by atoms with E-state index in [1.165, 1.54) is 12.1 Å². The molecule has 38 heavy (non-hydrogen) atoms. The molecule has 202 valence electrons. The fraction of sp³-hybridized carbons (Fsp3) is 0.370. The van der Waals surface area contributed by atoms with Crippen LogP contribution in [-0.4, -0.2) is 47.6 Å². The molecule has 3 heterocycles. The van der Waals surface area contributed by atoms with Gasteiger partial charge in [-0.25, -0.2) is 9.69 Å². The third-order valence-electron chi connectivity index (χ3n) is 7.20. The van der Waals surface area contributed by atoms with Gasteiger partial charge in [-0.1, -0.05) is 24.3 Å². The molecule has 2 N–H and O–H groups in total. The number of ether oxygens (including phenoxy) is 2. The number of thioether (sulfide) groups is 1. The molecule has 3 aliphatic heterocycles. The van der Waals surface area contributed by atoms with Crippen LogP contribution in [0, 0.1) is 19.3 Å². The predicted octanol–water partition coefficient (Wildman–Crippen LogP) is 5.30. The molecule has 0 aromatic heterocycles. The highest BCUT2D eigenvalue weighted by atomic mass is 32.2. The fourth-order valence-corrected chi connectivity index (χ4v) is 6.46. The van der Waals surface area contributed by atoms with Gasteiger partial charge in [-0.05, 0) is 74.8 Å². The number of hydrazine groups is 1. The first kappa shape index (κ1) is 26.6. The van der Waals surface area contributed by atoms with Crippen LogP contribution in [0.4, 0.5) is 18.9 Å². The minimum Gasteiger partial charge on any atom is -0.482 e. The summed E-state index contributed by atoms with van der Waals surface area (Å²) in [6, 6.07) is 8.88. The van der Waals surface area contributed by atoms with Gasteiger partial charge in [0.2, 0.25) is 12.2 Å². The van der Waals surface area contributed by atoms with Crippen LogP contribution in [0.25, 0.3) is 0 Å². The zero-order valence-corrected chi connectivity index (χ0v) is 21.9. The number of carboxylic acid groups (broad SMARTS) is 1. The Hall–Kier alpha value is -2.99. The number of halogens is 3. The average Bonchev–Trinajstić information content (AvgIpc) is 3.44. The number of hydrogen-bond donors (Lipinski definition) is 2. The molecule has 3 saturated heterocycles. The molecule has 3 atom stereocenters. The van der Waals surface area contributed by atoms with Crippen molar-refractivity contribution in [2.45, 2.75) is 43.5 Å². The normalized spacial score (nSPS) is 26.5. The summed E-state index contributed by atoms with van der Waals surface area (Å²) in [4.78, 5) is 14.0. The molecule has 6 rings (SSSR count). The maximum Gasteiger partial charge on any atom is 0.416 e. The van der Waals surface area contributed by atoms with E-state index in [1.807, 2.05) is 45.2 Å². The summed E-state index contributed by atoms with van der Waals surface area (Å²) in [5, 5.41) is 10.7. The van der Waals surface area contributed by atoms with Gasteiger partial charge in [0.05, 0.1) is 16.7 Å². The third kappa shape index (κ3) is 4.47. The van der Waals surface area contributed by atoms with Crippen molar-refractivity contribution < 1.29 is 32.5 Å². The zero-order chi connectivity index (χ0) is 27.3. The second-order valence-electron chi connectivity index (χ2n) is 9.73. The molecule has 7 nitrogen and oxygen atoms in total. The van der Waals surface area contributed by atoms with Crippen molar-refractivity contribution in [2.75, 3.05) is 24.4 Å². The van der Waals surface area contributed by atoms with Crippen molar-refractivity contribution in [1.29, 1.82) is 0 Å². The van der Waals surface area contributed by atoms with Gasteiger partial charge < -0.3 is 14.6 Å². The first-order valence-corrected chi connectivity index (χ1v) is 13.0. The molecule has 4 aliphatic rings. The van der Waals surface area contributed by atoms with Crippen LogP contribution in [-0.2, 0) is 15.7 Å². The Morgan fingerprint density at radius 1 is 1.21 bits per heavy atom. The average molecular weight is 548 g/mol. The maximum absolute atomic E-state index is 13.1. The zero-order valence-electron chi connectivity index (χ0n) is 21.1. The summed E-state index contributed by atoms with van der Waals surface area (Å²) in [5.41, 5.74) is 4.66. The Labute approximate surface area is 222 Å². The van der Waals surface area contributed by atoms with Crippen LogP contribution in [0.5, 0.6) is 5.75 Å². The Bertz CT molecular complexity index is 1300. The third-order valence-corrected chi connectivity index (χ3v) is 8.61. The van der Waals surface area contributed by atoms with Crippen molar-refractivity contribution >= 4 is 23.4 Å². The molecule has 0 radical (unpaired) electrons. The number of hydrogen-bond acceptors (Lipinski definition) is 7. The Kier molecular flexibility index (Phi) is 6.75. The lowest BCUT2D eigenvalue weighted by molar-refractivity contribution is -0.341. The van der Waals surface area contributed by atoms with E-state index in [0.29, 0.717) is 23.6 Å². The highest BCUT2D eigenvalue weighted by Crippen LogP contribution is 2.55. The minimum atomic E-state index is -4.40. The number of nitrogens with one attached hydrogen (secondary N) is 1. The first-order valence-electron chi connectivity index (χ1n) is 12.0. The quantitative estimate of drug-likeness (QED) is 0.431. The number of alkyl halides is 3. The maximum atomic E-state index is 13.1. The van der Waals surface area contributed by atoms with Gasteiger partial charge in [-0.3, -0.25) is 5.01 Å². The molecule has 0 amide bonds. The van der Waals surface area contributed by atoms with Crippen molar-refractivity contribution in [3.05, 3.63) is 77.4 Å². The van der Waals surface area contributed by atoms with E-state index in [0.717, 1.165) is 28.2 Å². The highest BCUT2D eigenvalue weighted by molar-refractivity contribution is 7.99. The fourth-order valence-electron chi connectivity index (χ4n) is 5.09. The molecule has 1 aliphatic carbocycles. The number of benzene rings is 2. The van der Waals surface area contributed by atoms with Crippen LogP contribution < -0.4 is 15.2 Å². The summed E-state index contributed by atoms with van der Waals surface area (Å²) in [5.74, 6) is -0.731. The second-order valence-corrected chi connectivity index (χ2v) is 10.7.